The van der Waals surface area contributed by atoms with Gasteiger partial charge in [0.15, 0.2) is 0 Å². The lowest BCUT2D eigenvalue weighted by Gasteiger charge is -2.15. The third kappa shape index (κ3) is 4.54. The van der Waals surface area contributed by atoms with E-state index in [2.05, 4.69) is 4.72 Å². The van der Waals surface area contributed by atoms with E-state index in [1.54, 1.807) is 6.92 Å². The smallest absolute Gasteiger partial charge is 0.335 e. The number of hydrogen-bond donors (Lipinski definition) is 3. The number of carbonyl (C=O) groups excluding carboxylic acids is 1. The highest BCUT2D eigenvalue weighted by molar-refractivity contribution is 7.89. The standard InChI is InChI=1S/C13H18N2O5S/c1-3-9-4-5-10(13(17)18)7-11(9)21(19,20)15-8(2)6-12(14)16/h4-5,7-8,15H,3,6H2,1-2H3,(H2,14,16)(H,17,18). The summed E-state index contributed by atoms with van der Waals surface area (Å²) in [5.41, 5.74) is 5.40. The summed E-state index contributed by atoms with van der Waals surface area (Å²) in [6, 6.07) is 3.26. The lowest BCUT2D eigenvalue weighted by Crippen LogP contribution is -2.36. The summed E-state index contributed by atoms with van der Waals surface area (Å²) in [5, 5.41) is 8.96. The Labute approximate surface area is 123 Å². The van der Waals surface area contributed by atoms with Gasteiger partial charge in [-0.25, -0.2) is 17.9 Å². The topological polar surface area (TPSA) is 127 Å². The normalized spacial score (nSPS) is 12.9. The number of primary amides is 1. The molecular weight excluding hydrogens is 296 g/mol. The summed E-state index contributed by atoms with van der Waals surface area (Å²) in [5.74, 6) is -1.83. The molecule has 0 saturated heterocycles. The van der Waals surface area contributed by atoms with Crippen molar-refractivity contribution in [2.75, 3.05) is 0 Å². The molecule has 0 heterocycles. The van der Waals surface area contributed by atoms with E-state index in [4.69, 9.17) is 10.8 Å². The van der Waals surface area contributed by atoms with E-state index in [0.29, 0.717) is 12.0 Å². The second-order valence-electron chi connectivity index (χ2n) is 4.67. The van der Waals surface area contributed by atoms with Crippen LogP contribution < -0.4 is 10.5 Å². The zero-order valence-corrected chi connectivity index (χ0v) is 12.6. The molecular formula is C13H18N2O5S. The molecule has 0 aliphatic rings. The fourth-order valence-electron chi connectivity index (χ4n) is 1.90. The molecule has 8 heteroatoms. The number of amides is 1. The van der Waals surface area contributed by atoms with Gasteiger partial charge in [0.05, 0.1) is 10.5 Å². The Morgan fingerprint density at radius 1 is 1.38 bits per heavy atom. The number of benzene rings is 1. The van der Waals surface area contributed by atoms with Crippen LogP contribution in [0.2, 0.25) is 0 Å². The van der Waals surface area contributed by atoms with Gasteiger partial charge in [-0.2, -0.15) is 0 Å². The first-order valence-corrected chi connectivity index (χ1v) is 7.82. The van der Waals surface area contributed by atoms with Gasteiger partial charge in [0.2, 0.25) is 15.9 Å². The van der Waals surface area contributed by atoms with Gasteiger partial charge in [0.25, 0.3) is 0 Å². The molecule has 0 aliphatic carbocycles. The van der Waals surface area contributed by atoms with Crippen LogP contribution in [-0.4, -0.2) is 31.4 Å². The maximum absolute atomic E-state index is 12.3. The van der Waals surface area contributed by atoms with Gasteiger partial charge in [-0.1, -0.05) is 13.0 Å². The number of aryl methyl sites for hydroxylation is 1. The molecule has 0 aliphatic heterocycles. The Morgan fingerprint density at radius 3 is 2.48 bits per heavy atom. The van der Waals surface area contributed by atoms with Crippen molar-refractivity contribution in [3.8, 4) is 0 Å². The molecule has 0 aromatic heterocycles. The van der Waals surface area contributed by atoms with Crippen molar-refractivity contribution in [2.24, 2.45) is 5.73 Å². The van der Waals surface area contributed by atoms with Crippen molar-refractivity contribution in [3.05, 3.63) is 29.3 Å². The second-order valence-corrected chi connectivity index (χ2v) is 6.36. The van der Waals surface area contributed by atoms with Gasteiger partial charge in [-0.3, -0.25) is 4.79 Å². The van der Waals surface area contributed by atoms with Crippen molar-refractivity contribution in [3.63, 3.8) is 0 Å². The third-order valence-electron chi connectivity index (χ3n) is 2.85. The number of rotatable bonds is 7. The monoisotopic (exact) mass is 314 g/mol. The summed E-state index contributed by atoms with van der Waals surface area (Å²) in [6.45, 7) is 3.27. The van der Waals surface area contributed by atoms with E-state index in [1.165, 1.54) is 19.1 Å². The van der Waals surface area contributed by atoms with E-state index in [9.17, 15) is 18.0 Å². The Bertz CT molecular complexity index is 655. The Morgan fingerprint density at radius 2 is 2.00 bits per heavy atom. The van der Waals surface area contributed by atoms with Crippen LogP contribution in [0.3, 0.4) is 0 Å². The van der Waals surface area contributed by atoms with E-state index < -0.39 is 27.9 Å². The first-order chi connectivity index (χ1) is 9.67. The number of hydrogen-bond acceptors (Lipinski definition) is 4. The average molecular weight is 314 g/mol. The molecule has 1 aromatic carbocycles. The molecule has 7 nitrogen and oxygen atoms in total. The van der Waals surface area contributed by atoms with E-state index >= 15 is 0 Å². The molecule has 1 amide bonds. The average Bonchev–Trinajstić information content (AvgIpc) is 2.36. The highest BCUT2D eigenvalue weighted by atomic mass is 32.2. The minimum Gasteiger partial charge on any atom is -0.478 e. The van der Waals surface area contributed by atoms with E-state index in [0.717, 1.165) is 6.07 Å². The molecule has 1 rings (SSSR count). The van der Waals surface area contributed by atoms with Crippen molar-refractivity contribution in [2.45, 2.75) is 37.6 Å². The summed E-state index contributed by atoms with van der Waals surface area (Å²) in [6.07, 6.45) is 0.291. The summed E-state index contributed by atoms with van der Waals surface area (Å²) < 4.78 is 27.0. The van der Waals surface area contributed by atoms with Crippen LogP contribution in [0.15, 0.2) is 23.1 Å². The molecule has 21 heavy (non-hydrogen) atoms. The van der Waals surface area contributed by atoms with Crippen molar-refractivity contribution in [1.82, 2.24) is 4.72 Å². The number of nitrogens with one attached hydrogen (secondary N) is 1. The zero-order valence-electron chi connectivity index (χ0n) is 11.8. The summed E-state index contributed by atoms with van der Waals surface area (Å²) in [4.78, 5) is 21.7. The number of aromatic carboxylic acids is 1. The van der Waals surface area contributed by atoms with Crippen LogP contribution in [0.4, 0.5) is 0 Å². The quantitative estimate of drug-likeness (QED) is 0.675. The van der Waals surface area contributed by atoms with Crippen LogP contribution in [0.1, 0.15) is 36.2 Å². The lowest BCUT2D eigenvalue weighted by molar-refractivity contribution is -0.118. The molecule has 0 spiro atoms. The highest BCUT2D eigenvalue weighted by Crippen LogP contribution is 2.19. The maximum atomic E-state index is 12.3. The number of carboxylic acid groups (broad SMARTS) is 1. The minimum absolute atomic E-state index is 0.0961. The summed E-state index contributed by atoms with van der Waals surface area (Å²) >= 11 is 0. The maximum Gasteiger partial charge on any atom is 0.335 e. The van der Waals surface area contributed by atoms with E-state index in [1.807, 2.05) is 0 Å². The van der Waals surface area contributed by atoms with Crippen LogP contribution in [0.5, 0.6) is 0 Å². The molecule has 116 valence electrons. The van der Waals surface area contributed by atoms with Gasteiger partial charge in [0.1, 0.15) is 0 Å². The Kier molecular flexibility index (Phi) is 5.45. The van der Waals surface area contributed by atoms with Gasteiger partial charge in [0, 0.05) is 12.5 Å². The van der Waals surface area contributed by atoms with Crippen LogP contribution in [-0.2, 0) is 21.2 Å². The van der Waals surface area contributed by atoms with Gasteiger partial charge in [-0.15, -0.1) is 0 Å². The fourth-order valence-corrected chi connectivity index (χ4v) is 3.48. The lowest BCUT2D eigenvalue weighted by atomic mass is 10.1. The first-order valence-electron chi connectivity index (χ1n) is 6.34. The van der Waals surface area contributed by atoms with Crippen molar-refractivity contribution in [1.29, 1.82) is 0 Å². The molecule has 0 bridgehead atoms. The molecule has 0 fully saturated rings. The van der Waals surface area contributed by atoms with Crippen LogP contribution in [0.25, 0.3) is 0 Å². The minimum atomic E-state index is -3.93. The van der Waals surface area contributed by atoms with E-state index in [-0.39, 0.29) is 16.9 Å². The van der Waals surface area contributed by atoms with Gasteiger partial charge in [-0.05, 0) is 31.0 Å². The summed E-state index contributed by atoms with van der Waals surface area (Å²) in [7, 11) is -3.93. The molecule has 1 atom stereocenters. The molecule has 0 radical (unpaired) electrons. The third-order valence-corrected chi connectivity index (χ3v) is 4.52. The molecule has 1 unspecified atom stereocenters. The highest BCUT2D eigenvalue weighted by Gasteiger charge is 2.22. The number of carboxylic acids is 1. The predicted molar refractivity (Wildman–Crippen MR) is 76.4 cm³/mol. The molecule has 1 aromatic rings. The first kappa shape index (κ1) is 17.1. The largest absolute Gasteiger partial charge is 0.478 e. The number of nitrogens with two attached hydrogens (primary N) is 1. The SMILES string of the molecule is CCc1ccc(C(=O)O)cc1S(=O)(=O)NC(C)CC(N)=O. The molecule has 0 saturated carbocycles. The van der Waals surface area contributed by atoms with Crippen molar-refractivity contribution < 1.29 is 23.1 Å². The zero-order chi connectivity index (χ0) is 16.2. The number of sulfonamides is 1. The Balaban J connectivity index is 3.19. The van der Waals surface area contributed by atoms with Crippen LogP contribution in [0, 0.1) is 0 Å². The van der Waals surface area contributed by atoms with Crippen molar-refractivity contribution >= 4 is 21.9 Å². The second kappa shape index (κ2) is 6.68. The van der Waals surface area contributed by atoms with Gasteiger partial charge < -0.3 is 10.8 Å². The van der Waals surface area contributed by atoms with Crippen LogP contribution >= 0.6 is 0 Å². The fraction of sp³-hybridized carbons (Fsp3) is 0.385. The van der Waals surface area contributed by atoms with Gasteiger partial charge >= 0.3 is 5.97 Å². The molecule has 4 N–H and O–H groups in total. The Hall–Kier alpha value is -1.93. The predicted octanol–water partition coefficient (Wildman–Crippen LogP) is 0.489. The number of carbonyl (C=O) groups is 2.